The second-order valence-corrected chi connectivity index (χ2v) is 4.89. The Labute approximate surface area is 137 Å². The lowest BCUT2D eigenvalue weighted by Crippen LogP contribution is -2.25. The molecule has 0 spiro atoms. The number of hydrogen-bond donors (Lipinski definition) is 2. The van der Waals surface area contributed by atoms with Crippen molar-refractivity contribution in [2.45, 2.75) is 0 Å². The van der Waals surface area contributed by atoms with Crippen LogP contribution < -0.4 is 10.7 Å². The molecule has 0 atom stereocenters. The SMILES string of the molecule is O=C(CNc1ccccc1Cl)NN=Cc1cccc([N+](=O)[O-])c1. The topological polar surface area (TPSA) is 96.6 Å². The number of hydrazone groups is 1. The maximum atomic E-state index is 11.7. The van der Waals surface area contributed by atoms with Crippen LogP contribution in [0.5, 0.6) is 0 Å². The van der Waals surface area contributed by atoms with E-state index in [4.69, 9.17) is 11.6 Å². The van der Waals surface area contributed by atoms with Crippen LogP contribution in [0.1, 0.15) is 5.56 Å². The summed E-state index contributed by atoms with van der Waals surface area (Å²) in [6.45, 7) is -0.00396. The number of rotatable bonds is 6. The van der Waals surface area contributed by atoms with Gasteiger partial charge in [0.25, 0.3) is 11.6 Å². The molecule has 2 rings (SSSR count). The fraction of sp³-hybridized carbons (Fsp3) is 0.0667. The van der Waals surface area contributed by atoms with Crippen LogP contribution in [0.3, 0.4) is 0 Å². The standard InChI is InChI=1S/C15H13ClN4O3/c16-13-6-1-2-7-14(13)17-10-15(21)19-18-9-11-4-3-5-12(8-11)20(22)23/h1-9,17H,10H2,(H,19,21). The molecule has 0 aliphatic carbocycles. The molecule has 0 heterocycles. The van der Waals surface area contributed by atoms with Gasteiger partial charge in [-0.25, -0.2) is 5.43 Å². The van der Waals surface area contributed by atoms with Crippen LogP contribution in [0.15, 0.2) is 53.6 Å². The number of nitrogens with zero attached hydrogens (tertiary/aromatic N) is 2. The van der Waals surface area contributed by atoms with Gasteiger partial charge in [-0.1, -0.05) is 35.9 Å². The highest BCUT2D eigenvalue weighted by molar-refractivity contribution is 6.33. The van der Waals surface area contributed by atoms with Gasteiger partial charge < -0.3 is 5.32 Å². The van der Waals surface area contributed by atoms with E-state index in [9.17, 15) is 14.9 Å². The monoisotopic (exact) mass is 332 g/mol. The summed E-state index contributed by atoms with van der Waals surface area (Å²) in [5.41, 5.74) is 3.44. The van der Waals surface area contributed by atoms with Crippen molar-refractivity contribution in [3.8, 4) is 0 Å². The van der Waals surface area contributed by atoms with Gasteiger partial charge in [-0.15, -0.1) is 0 Å². The molecule has 0 aliphatic rings. The molecule has 0 aliphatic heterocycles. The minimum absolute atomic E-state index is 0.00396. The Kier molecular flexibility index (Phi) is 5.65. The van der Waals surface area contributed by atoms with E-state index in [1.54, 1.807) is 36.4 Å². The highest BCUT2D eigenvalue weighted by atomic mass is 35.5. The van der Waals surface area contributed by atoms with Gasteiger partial charge in [0, 0.05) is 17.7 Å². The smallest absolute Gasteiger partial charge is 0.270 e. The molecule has 0 radical (unpaired) electrons. The first kappa shape index (κ1) is 16.4. The number of hydrogen-bond acceptors (Lipinski definition) is 5. The van der Waals surface area contributed by atoms with Crippen molar-refractivity contribution >= 4 is 35.1 Å². The van der Waals surface area contributed by atoms with Gasteiger partial charge in [0.15, 0.2) is 0 Å². The van der Waals surface area contributed by atoms with Crippen molar-refractivity contribution in [1.29, 1.82) is 0 Å². The van der Waals surface area contributed by atoms with Crippen molar-refractivity contribution < 1.29 is 9.72 Å². The molecular weight excluding hydrogens is 320 g/mol. The molecule has 0 bridgehead atoms. The third-order valence-corrected chi connectivity index (χ3v) is 3.13. The molecule has 118 valence electrons. The zero-order chi connectivity index (χ0) is 16.7. The number of nitrogens with one attached hydrogen (secondary N) is 2. The summed E-state index contributed by atoms with van der Waals surface area (Å²) in [6.07, 6.45) is 1.33. The van der Waals surface area contributed by atoms with Crippen molar-refractivity contribution in [3.63, 3.8) is 0 Å². The molecule has 2 N–H and O–H groups in total. The number of para-hydroxylation sites is 1. The largest absolute Gasteiger partial charge is 0.375 e. The fourth-order valence-electron chi connectivity index (χ4n) is 1.72. The van der Waals surface area contributed by atoms with Crippen molar-refractivity contribution in [3.05, 3.63) is 69.2 Å². The summed E-state index contributed by atoms with van der Waals surface area (Å²) in [6, 6.07) is 13.0. The molecule has 2 aromatic rings. The maximum absolute atomic E-state index is 11.7. The van der Waals surface area contributed by atoms with Gasteiger partial charge in [-0.3, -0.25) is 14.9 Å². The lowest BCUT2D eigenvalue weighted by molar-refractivity contribution is -0.384. The number of anilines is 1. The molecule has 0 unspecified atom stereocenters. The predicted molar refractivity (Wildman–Crippen MR) is 88.8 cm³/mol. The van der Waals surface area contributed by atoms with E-state index >= 15 is 0 Å². The average molecular weight is 333 g/mol. The lowest BCUT2D eigenvalue weighted by Gasteiger charge is -2.06. The van der Waals surface area contributed by atoms with Crippen LogP contribution in [-0.2, 0) is 4.79 Å². The van der Waals surface area contributed by atoms with E-state index in [1.807, 2.05) is 0 Å². The minimum atomic E-state index is -0.497. The van der Waals surface area contributed by atoms with Crippen LogP contribution in [0, 0.1) is 10.1 Å². The molecule has 2 aromatic carbocycles. The van der Waals surface area contributed by atoms with Crippen LogP contribution in [0.2, 0.25) is 5.02 Å². The fourth-order valence-corrected chi connectivity index (χ4v) is 1.92. The van der Waals surface area contributed by atoms with Crippen molar-refractivity contribution in [2.75, 3.05) is 11.9 Å². The van der Waals surface area contributed by atoms with E-state index in [2.05, 4.69) is 15.8 Å². The summed E-state index contributed by atoms with van der Waals surface area (Å²) in [5.74, 6) is -0.369. The third-order valence-electron chi connectivity index (χ3n) is 2.80. The number of non-ortho nitro benzene ring substituents is 1. The molecule has 0 fully saturated rings. The number of nitro benzene ring substituents is 1. The average Bonchev–Trinajstić information content (AvgIpc) is 2.54. The van der Waals surface area contributed by atoms with Gasteiger partial charge in [-0.05, 0) is 12.1 Å². The first-order chi connectivity index (χ1) is 11.1. The molecule has 1 amide bonds. The van der Waals surface area contributed by atoms with E-state index in [1.165, 1.54) is 18.3 Å². The highest BCUT2D eigenvalue weighted by Crippen LogP contribution is 2.19. The number of carbonyl (C=O) groups is 1. The first-order valence-electron chi connectivity index (χ1n) is 6.61. The van der Waals surface area contributed by atoms with Gasteiger partial charge in [0.05, 0.1) is 28.4 Å². The Morgan fingerprint density at radius 1 is 1.26 bits per heavy atom. The summed E-state index contributed by atoms with van der Waals surface area (Å²) in [5, 5.41) is 17.8. The Morgan fingerprint density at radius 3 is 2.78 bits per heavy atom. The number of benzene rings is 2. The Morgan fingerprint density at radius 2 is 2.04 bits per heavy atom. The molecule has 0 aromatic heterocycles. The Balaban J connectivity index is 1.85. The minimum Gasteiger partial charge on any atom is -0.375 e. The molecule has 0 saturated carbocycles. The Bertz CT molecular complexity index is 749. The van der Waals surface area contributed by atoms with Gasteiger partial charge in [0.1, 0.15) is 0 Å². The molecule has 23 heavy (non-hydrogen) atoms. The lowest BCUT2D eigenvalue weighted by atomic mass is 10.2. The van der Waals surface area contributed by atoms with E-state index < -0.39 is 4.92 Å². The van der Waals surface area contributed by atoms with Crippen molar-refractivity contribution in [2.24, 2.45) is 5.10 Å². The normalized spacial score (nSPS) is 10.5. The van der Waals surface area contributed by atoms with Crippen LogP contribution in [0.25, 0.3) is 0 Å². The Hall–Kier alpha value is -2.93. The van der Waals surface area contributed by atoms with E-state index in [0.717, 1.165) is 0 Å². The third kappa shape index (κ3) is 5.08. The number of amides is 1. The molecule has 7 nitrogen and oxygen atoms in total. The van der Waals surface area contributed by atoms with Crippen LogP contribution >= 0.6 is 11.6 Å². The van der Waals surface area contributed by atoms with Gasteiger partial charge >= 0.3 is 0 Å². The second kappa shape index (κ2) is 7.90. The van der Waals surface area contributed by atoms with E-state index in [-0.39, 0.29) is 18.1 Å². The predicted octanol–water partition coefficient (Wildman–Crippen LogP) is 2.81. The number of nitro groups is 1. The first-order valence-corrected chi connectivity index (χ1v) is 6.99. The molecule has 8 heteroatoms. The van der Waals surface area contributed by atoms with Gasteiger partial charge in [0.2, 0.25) is 0 Å². The van der Waals surface area contributed by atoms with Gasteiger partial charge in [-0.2, -0.15) is 5.10 Å². The summed E-state index contributed by atoms with van der Waals surface area (Å²) >= 11 is 5.95. The quantitative estimate of drug-likeness (QED) is 0.483. The zero-order valence-corrected chi connectivity index (χ0v) is 12.7. The number of carbonyl (C=O) groups excluding carboxylic acids is 1. The summed E-state index contributed by atoms with van der Waals surface area (Å²) in [4.78, 5) is 21.8. The van der Waals surface area contributed by atoms with Crippen molar-refractivity contribution in [1.82, 2.24) is 5.43 Å². The molecule has 0 saturated heterocycles. The van der Waals surface area contributed by atoms with Crippen LogP contribution in [0.4, 0.5) is 11.4 Å². The zero-order valence-electron chi connectivity index (χ0n) is 11.9. The second-order valence-electron chi connectivity index (χ2n) is 4.48. The summed E-state index contributed by atoms with van der Waals surface area (Å²) < 4.78 is 0. The summed E-state index contributed by atoms with van der Waals surface area (Å²) in [7, 11) is 0. The molecular formula is C15H13ClN4O3. The van der Waals surface area contributed by atoms with E-state index in [0.29, 0.717) is 16.3 Å². The maximum Gasteiger partial charge on any atom is 0.270 e. The highest BCUT2D eigenvalue weighted by Gasteiger charge is 2.04. The van der Waals surface area contributed by atoms with Crippen LogP contribution in [-0.4, -0.2) is 23.6 Å². The number of halogens is 1.